The van der Waals surface area contributed by atoms with E-state index in [2.05, 4.69) is 6.92 Å². The van der Waals surface area contributed by atoms with Crippen molar-refractivity contribution in [3.8, 4) is 17.2 Å². The van der Waals surface area contributed by atoms with E-state index in [-0.39, 0.29) is 6.10 Å². The molecule has 1 unspecified atom stereocenters. The summed E-state index contributed by atoms with van der Waals surface area (Å²) in [5.74, 6) is 1.31. The molecular weight excluding hydrogens is 368 g/mol. The highest BCUT2D eigenvalue weighted by atomic mass is 16.6. The second-order valence-corrected chi connectivity index (χ2v) is 7.43. The van der Waals surface area contributed by atoms with Crippen molar-refractivity contribution in [2.24, 2.45) is 0 Å². The minimum atomic E-state index is -0.834. The lowest BCUT2D eigenvalue weighted by Gasteiger charge is -2.14. The molecule has 0 aliphatic heterocycles. The Kier molecular flexibility index (Phi) is 9.00. The fourth-order valence-electron chi connectivity index (χ4n) is 2.87. The van der Waals surface area contributed by atoms with Gasteiger partial charge in [0.15, 0.2) is 6.29 Å². The second-order valence-electron chi connectivity index (χ2n) is 7.43. The van der Waals surface area contributed by atoms with E-state index in [9.17, 15) is 9.90 Å². The quantitative estimate of drug-likeness (QED) is 0.228. The number of hydrogen-bond donors (Lipinski definition) is 1. The number of aliphatic hydroxyl groups excluding tert-OH is 1. The third-order valence-corrected chi connectivity index (χ3v) is 4.39. The van der Waals surface area contributed by atoms with Gasteiger partial charge in [-0.2, -0.15) is 0 Å². The van der Waals surface area contributed by atoms with Crippen LogP contribution in [0.4, 0.5) is 0 Å². The average Bonchev–Trinajstić information content (AvgIpc) is 2.67. The fourth-order valence-corrected chi connectivity index (χ4v) is 2.87. The number of benzene rings is 2. The van der Waals surface area contributed by atoms with Gasteiger partial charge in [0.25, 0.3) is 0 Å². The van der Waals surface area contributed by atoms with Crippen LogP contribution in [-0.4, -0.2) is 23.5 Å². The fraction of sp³-hybridized carbons (Fsp3) is 0.458. The molecule has 2 aromatic rings. The Morgan fingerprint density at radius 1 is 0.966 bits per heavy atom. The van der Waals surface area contributed by atoms with E-state index in [1.54, 1.807) is 36.4 Å². The van der Waals surface area contributed by atoms with Crippen molar-refractivity contribution >= 4 is 5.97 Å². The first-order chi connectivity index (χ1) is 13.9. The predicted octanol–water partition coefficient (Wildman–Crippen LogP) is 5.67. The van der Waals surface area contributed by atoms with Crippen molar-refractivity contribution in [1.29, 1.82) is 0 Å². The Morgan fingerprint density at radius 3 is 2.28 bits per heavy atom. The van der Waals surface area contributed by atoms with Crippen LogP contribution < -0.4 is 14.2 Å². The number of aliphatic hydroxyl groups is 1. The van der Waals surface area contributed by atoms with Gasteiger partial charge in [0.05, 0.1) is 11.7 Å². The van der Waals surface area contributed by atoms with Crippen molar-refractivity contribution in [2.45, 2.75) is 72.2 Å². The SMILES string of the molecule is CCCCCCC(O)Oc1ccc(C(=O)Oc2ccc(OC(C)C)cc2C)cc1. The van der Waals surface area contributed by atoms with Crippen LogP contribution in [0.25, 0.3) is 0 Å². The van der Waals surface area contributed by atoms with Crippen LogP contribution in [0, 0.1) is 6.92 Å². The summed E-state index contributed by atoms with van der Waals surface area (Å²) in [6, 6.07) is 12.0. The number of hydrogen-bond acceptors (Lipinski definition) is 5. The van der Waals surface area contributed by atoms with Gasteiger partial charge in [-0.3, -0.25) is 0 Å². The van der Waals surface area contributed by atoms with E-state index in [1.807, 2.05) is 26.8 Å². The van der Waals surface area contributed by atoms with Gasteiger partial charge in [0, 0.05) is 6.42 Å². The molecule has 29 heavy (non-hydrogen) atoms. The Bertz CT molecular complexity index is 767. The molecule has 2 aromatic carbocycles. The van der Waals surface area contributed by atoms with Gasteiger partial charge in [-0.25, -0.2) is 4.79 Å². The summed E-state index contributed by atoms with van der Waals surface area (Å²) in [4.78, 5) is 12.4. The number of esters is 1. The van der Waals surface area contributed by atoms with E-state index in [0.29, 0.717) is 23.5 Å². The van der Waals surface area contributed by atoms with Crippen molar-refractivity contribution in [3.63, 3.8) is 0 Å². The largest absolute Gasteiger partial charge is 0.491 e. The lowest BCUT2D eigenvalue weighted by atomic mass is 10.1. The standard InChI is InChI=1S/C24H32O5/c1-5-6-7-8-9-23(25)28-20-12-10-19(11-13-20)24(26)29-22-15-14-21(16-18(22)4)27-17(2)3/h10-17,23,25H,5-9H2,1-4H3. The van der Waals surface area contributed by atoms with Gasteiger partial charge in [0.1, 0.15) is 17.2 Å². The van der Waals surface area contributed by atoms with Crippen molar-refractivity contribution in [3.05, 3.63) is 53.6 Å². The number of carbonyl (C=O) groups is 1. The van der Waals surface area contributed by atoms with Crippen LogP contribution in [-0.2, 0) is 0 Å². The molecule has 0 amide bonds. The summed E-state index contributed by atoms with van der Waals surface area (Å²) in [5, 5.41) is 9.96. The summed E-state index contributed by atoms with van der Waals surface area (Å²) < 4.78 is 16.7. The third-order valence-electron chi connectivity index (χ3n) is 4.39. The Hall–Kier alpha value is -2.53. The third kappa shape index (κ3) is 7.78. The van der Waals surface area contributed by atoms with Gasteiger partial charge in [0.2, 0.25) is 0 Å². The zero-order chi connectivity index (χ0) is 21.2. The van der Waals surface area contributed by atoms with Crippen LogP contribution in [0.5, 0.6) is 17.2 Å². The second kappa shape index (κ2) is 11.5. The van der Waals surface area contributed by atoms with E-state index < -0.39 is 12.3 Å². The van der Waals surface area contributed by atoms with Gasteiger partial charge in [-0.05, 0) is 75.2 Å². The van der Waals surface area contributed by atoms with E-state index >= 15 is 0 Å². The number of unbranched alkanes of at least 4 members (excludes halogenated alkanes) is 3. The van der Waals surface area contributed by atoms with E-state index in [1.165, 1.54) is 0 Å². The summed E-state index contributed by atoms with van der Waals surface area (Å²) >= 11 is 0. The van der Waals surface area contributed by atoms with Gasteiger partial charge < -0.3 is 19.3 Å². The number of rotatable bonds is 11. The topological polar surface area (TPSA) is 65.0 Å². The minimum absolute atomic E-state index is 0.0818. The Morgan fingerprint density at radius 2 is 1.66 bits per heavy atom. The van der Waals surface area contributed by atoms with Gasteiger partial charge in [-0.15, -0.1) is 0 Å². The first-order valence-electron chi connectivity index (χ1n) is 10.3. The molecule has 0 fully saturated rings. The molecule has 0 bridgehead atoms. The number of aryl methyl sites for hydroxylation is 1. The van der Waals surface area contributed by atoms with E-state index in [4.69, 9.17) is 14.2 Å². The summed E-state index contributed by atoms with van der Waals surface area (Å²) in [6.45, 7) is 7.94. The molecule has 5 heteroatoms. The Labute approximate surface area is 173 Å². The lowest BCUT2D eigenvalue weighted by molar-refractivity contribution is -0.0246. The van der Waals surface area contributed by atoms with E-state index in [0.717, 1.165) is 37.0 Å². The predicted molar refractivity (Wildman–Crippen MR) is 114 cm³/mol. The molecule has 1 atom stereocenters. The number of carbonyl (C=O) groups excluding carboxylic acids is 1. The minimum Gasteiger partial charge on any atom is -0.491 e. The lowest BCUT2D eigenvalue weighted by Crippen LogP contribution is -2.15. The smallest absolute Gasteiger partial charge is 0.343 e. The summed E-state index contributed by atoms with van der Waals surface area (Å²) in [5.41, 5.74) is 1.24. The van der Waals surface area contributed by atoms with Crippen LogP contribution in [0.1, 0.15) is 68.8 Å². The molecule has 5 nitrogen and oxygen atoms in total. The molecule has 0 saturated carbocycles. The highest BCUT2D eigenvalue weighted by Gasteiger charge is 2.12. The molecule has 0 saturated heterocycles. The maximum atomic E-state index is 12.4. The molecule has 0 radical (unpaired) electrons. The molecular formula is C24H32O5. The summed E-state index contributed by atoms with van der Waals surface area (Å²) in [6.07, 6.45) is 4.18. The molecule has 0 aliphatic carbocycles. The normalized spacial score (nSPS) is 11.9. The van der Waals surface area contributed by atoms with Gasteiger partial charge >= 0.3 is 5.97 Å². The van der Waals surface area contributed by atoms with Crippen molar-refractivity contribution in [2.75, 3.05) is 0 Å². The zero-order valence-corrected chi connectivity index (χ0v) is 17.8. The van der Waals surface area contributed by atoms with Crippen LogP contribution in [0.15, 0.2) is 42.5 Å². The first kappa shape index (κ1) is 22.8. The molecule has 158 valence electrons. The van der Waals surface area contributed by atoms with Crippen LogP contribution >= 0.6 is 0 Å². The number of ether oxygens (including phenoxy) is 3. The molecule has 0 aliphatic rings. The van der Waals surface area contributed by atoms with Gasteiger partial charge in [-0.1, -0.05) is 26.2 Å². The molecule has 0 heterocycles. The summed E-state index contributed by atoms with van der Waals surface area (Å²) in [7, 11) is 0. The zero-order valence-electron chi connectivity index (χ0n) is 17.8. The van der Waals surface area contributed by atoms with Crippen molar-refractivity contribution < 1.29 is 24.1 Å². The maximum absolute atomic E-state index is 12.4. The molecule has 0 spiro atoms. The Balaban J connectivity index is 1.90. The maximum Gasteiger partial charge on any atom is 0.343 e. The molecule has 1 N–H and O–H groups in total. The highest BCUT2D eigenvalue weighted by Crippen LogP contribution is 2.25. The molecule has 0 aromatic heterocycles. The van der Waals surface area contributed by atoms with Crippen molar-refractivity contribution in [1.82, 2.24) is 0 Å². The average molecular weight is 401 g/mol. The van der Waals surface area contributed by atoms with Crippen LogP contribution in [0.3, 0.4) is 0 Å². The first-order valence-corrected chi connectivity index (χ1v) is 10.3. The van der Waals surface area contributed by atoms with Crippen LogP contribution in [0.2, 0.25) is 0 Å². The highest BCUT2D eigenvalue weighted by molar-refractivity contribution is 5.91. The molecule has 2 rings (SSSR count). The monoisotopic (exact) mass is 400 g/mol.